The summed E-state index contributed by atoms with van der Waals surface area (Å²) in [6.45, 7) is 5.63. The Bertz CT molecular complexity index is 491. The molecule has 0 spiro atoms. The van der Waals surface area contributed by atoms with Gasteiger partial charge in [-0.25, -0.2) is 8.42 Å². The molecule has 1 aromatic carbocycles. The van der Waals surface area contributed by atoms with Crippen molar-refractivity contribution in [2.24, 2.45) is 5.73 Å². The summed E-state index contributed by atoms with van der Waals surface area (Å²) in [7, 11) is -3.11. The maximum Gasteiger partial charge on any atom is 0.175 e. The van der Waals surface area contributed by atoms with Crippen molar-refractivity contribution in [3.8, 4) is 0 Å². The normalized spacial score (nSPS) is 12.6. The van der Waals surface area contributed by atoms with Gasteiger partial charge in [0.15, 0.2) is 9.84 Å². The van der Waals surface area contributed by atoms with Crippen molar-refractivity contribution >= 4 is 9.84 Å². The summed E-state index contributed by atoms with van der Waals surface area (Å²) in [5.74, 6) is 0. The van der Waals surface area contributed by atoms with E-state index in [1.165, 1.54) is 6.26 Å². The summed E-state index contributed by atoms with van der Waals surface area (Å²) in [5.41, 5.74) is 7.10. The summed E-state index contributed by atoms with van der Waals surface area (Å²) in [6.07, 6.45) is 3.08. The van der Waals surface area contributed by atoms with Crippen LogP contribution in [0.2, 0.25) is 0 Å². The molecule has 108 valence electrons. The molecule has 3 N–H and O–H groups in total. The first-order chi connectivity index (χ1) is 8.80. The highest BCUT2D eigenvalue weighted by atomic mass is 32.2. The van der Waals surface area contributed by atoms with Crippen LogP contribution < -0.4 is 11.1 Å². The van der Waals surface area contributed by atoms with Crippen molar-refractivity contribution in [1.29, 1.82) is 0 Å². The lowest BCUT2D eigenvalue weighted by molar-refractivity contribution is 0.369. The van der Waals surface area contributed by atoms with Gasteiger partial charge in [0, 0.05) is 24.9 Å². The van der Waals surface area contributed by atoms with Crippen LogP contribution in [0.15, 0.2) is 29.2 Å². The summed E-state index contributed by atoms with van der Waals surface area (Å²) in [4.78, 5) is 0.353. The molecule has 1 rings (SSSR count). The predicted octanol–water partition coefficient (Wildman–Crippen LogP) is 1.70. The van der Waals surface area contributed by atoms with Crippen LogP contribution in [-0.4, -0.2) is 26.8 Å². The summed E-state index contributed by atoms with van der Waals surface area (Å²) >= 11 is 0. The van der Waals surface area contributed by atoms with Gasteiger partial charge in [-0.1, -0.05) is 26.0 Å². The zero-order valence-electron chi connectivity index (χ0n) is 11.9. The molecule has 0 aromatic heterocycles. The van der Waals surface area contributed by atoms with E-state index in [9.17, 15) is 8.42 Å². The van der Waals surface area contributed by atoms with E-state index in [1.807, 2.05) is 12.1 Å². The van der Waals surface area contributed by atoms with Crippen LogP contribution in [0.1, 0.15) is 32.3 Å². The fraction of sp³-hybridized carbons (Fsp3) is 0.571. The van der Waals surface area contributed by atoms with E-state index in [1.54, 1.807) is 12.1 Å². The molecule has 0 aliphatic heterocycles. The van der Waals surface area contributed by atoms with Crippen LogP contribution in [0.4, 0.5) is 0 Å². The maximum absolute atomic E-state index is 11.3. The summed E-state index contributed by atoms with van der Waals surface area (Å²) < 4.78 is 22.7. The van der Waals surface area contributed by atoms with Crippen LogP contribution >= 0.6 is 0 Å². The van der Waals surface area contributed by atoms with E-state index in [2.05, 4.69) is 19.2 Å². The molecule has 0 unspecified atom stereocenters. The topological polar surface area (TPSA) is 72.2 Å². The lowest BCUT2D eigenvalue weighted by atomic mass is 9.94. The molecule has 1 aromatic rings. The minimum atomic E-state index is -3.11. The number of nitrogens with one attached hydrogen (secondary N) is 1. The Hall–Kier alpha value is -0.910. The Kier molecular flexibility index (Phi) is 5.52. The minimum absolute atomic E-state index is 0.160. The van der Waals surface area contributed by atoms with Crippen molar-refractivity contribution in [3.05, 3.63) is 29.8 Å². The van der Waals surface area contributed by atoms with Crippen LogP contribution in [0.3, 0.4) is 0 Å². The number of hydrogen-bond acceptors (Lipinski definition) is 4. The number of rotatable bonds is 7. The molecule has 5 heteroatoms. The van der Waals surface area contributed by atoms with E-state index < -0.39 is 9.84 Å². The third-order valence-corrected chi connectivity index (χ3v) is 4.69. The van der Waals surface area contributed by atoms with Crippen LogP contribution in [-0.2, 0) is 16.4 Å². The number of sulfone groups is 1. The third kappa shape index (κ3) is 4.93. The highest BCUT2D eigenvalue weighted by molar-refractivity contribution is 7.90. The molecular weight excluding hydrogens is 260 g/mol. The average Bonchev–Trinajstić information content (AvgIpc) is 2.38. The smallest absolute Gasteiger partial charge is 0.175 e. The first-order valence-electron chi connectivity index (χ1n) is 6.59. The lowest BCUT2D eigenvalue weighted by Crippen LogP contribution is -2.47. The van der Waals surface area contributed by atoms with Crippen molar-refractivity contribution in [3.63, 3.8) is 0 Å². The third-order valence-electron chi connectivity index (χ3n) is 3.57. The second-order valence-corrected chi connectivity index (χ2v) is 7.10. The Morgan fingerprint density at radius 3 is 2.11 bits per heavy atom. The van der Waals surface area contributed by atoms with Gasteiger partial charge in [0.25, 0.3) is 0 Å². The monoisotopic (exact) mass is 284 g/mol. The van der Waals surface area contributed by atoms with Gasteiger partial charge in [0.2, 0.25) is 0 Å². The van der Waals surface area contributed by atoms with Gasteiger partial charge >= 0.3 is 0 Å². The zero-order valence-corrected chi connectivity index (χ0v) is 12.8. The molecule has 19 heavy (non-hydrogen) atoms. The number of hydrogen-bond donors (Lipinski definition) is 2. The Labute approximate surface area is 116 Å². The average molecular weight is 284 g/mol. The molecular formula is C14H24N2O2S. The van der Waals surface area contributed by atoms with Crippen molar-refractivity contribution in [1.82, 2.24) is 5.32 Å². The number of nitrogens with two attached hydrogens (primary N) is 1. The molecule has 0 aliphatic carbocycles. The van der Waals surface area contributed by atoms with Gasteiger partial charge in [0.05, 0.1) is 4.90 Å². The number of benzene rings is 1. The van der Waals surface area contributed by atoms with Gasteiger partial charge in [-0.15, -0.1) is 0 Å². The quantitative estimate of drug-likeness (QED) is 0.799. The standard InChI is InChI=1S/C14H24N2O2S/c1-4-14(15,5-2)11-16-10-12-6-8-13(9-7-12)19(3,17)18/h6-9,16H,4-5,10-11,15H2,1-3H3. The lowest BCUT2D eigenvalue weighted by Gasteiger charge is -2.27. The second-order valence-electron chi connectivity index (χ2n) is 5.09. The first-order valence-corrected chi connectivity index (χ1v) is 8.48. The fourth-order valence-corrected chi connectivity index (χ4v) is 2.44. The van der Waals surface area contributed by atoms with Gasteiger partial charge in [-0.3, -0.25) is 0 Å². The molecule has 0 fully saturated rings. The Balaban J connectivity index is 2.56. The van der Waals surface area contributed by atoms with Gasteiger partial charge in [0.1, 0.15) is 0 Å². The van der Waals surface area contributed by atoms with E-state index in [0.717, 1.165) is 24.9 Å². The van der Waals surface area contributed by atoms with E-state index >= 15 is 0 Å². The SMILES string of the molecule is CCC(N)(CC)CNCc1ccc(S(C)(=O)=O)cc1. The van der Waals surface area contributed by atoms with Gasteiger partial charge in [-0.05, 0) is 30.5 Å². The van der Waals surface area contributed by atoms with E-state index in [4.69, 9.17) is 5.73 Å². The van der Waals surface area contributed by atoms with Crippen molar-refractivity contribution in [2.75, 3.05) is 12.8 Å². The molecule has 0 saturated heterocycles. The van der Waals surface area contributed by atoms with E-state index in [0.29, 0.717) is 11.4 Å². The molecule has 0 heterocycles. The molecule has 0 radical (unpaired) electrons. The van der Waals surface area contributed by atoms with Crippen molar-refractivity contribution < 1.29 is 8.42 Å². The molecule has 0 saturated carbocycles. The molecule has 0 amide bonds. The first kappa shape index (κ1) is 16.1. The summed E-state index contributed by atoms with van der Waals surface area (Å²) in [5, 5.41) is 3.33. The van der Waals surface area contributed by atoms with Gasteiger partial charge in [-0.2, -0.15) is 0 Å². The largest absolute Gasteiger partial charge is 0.324 e. The molecule has 4 nitrogen and oxygen atoms in total. The zero-order chi connectivity index (χ0) is 14.5. The highest BCUT2D eigenvalue weighted by Gasteiger charge is 2.19. The molecule has 0 bridgehead atoms. The van der Waals surface area contributed by atoms with Crippen LogP contribution in [0.5, 0.6) is 0 Å². The Morgan fingerprint density at radius 1 is 1.16 bits per heavy atom. The van der Waals surface area contributed by atoms with Crippen molar-refractivity contribution in [2.45, 2.75) is 43.7 Å². The maximum atomic E-state index is 11.3. The Morgan fingerprint density at radius 2 is 1.68 bits per heavy atom. The van der Waals surface area contributed by atoms with E-state index in [-0.39, 0.29) is 5.54 Å². The molecule has 0 atom stereocenters. The highest BCUT2D eigenvalue weighted by Crippen LogP contribution is 2.12. The second kappa shape index (κ2) is 6.50. The molecule has 0 aliphatic rings. The van der Waals surface area contributed by atoms with Crippen LogP contribution in [0, 0.1) is 0 Å². The summed E-state index contributed by atoms with van der Waals surface area (Å²) in [6, 6.07) is 6.95. The van der Waals surface area contributed by atoms with Crippen LogP contribution in [0.25, 0.3) is 0 Å². The van der Waals surface area contributed by atoms with Gasteiger partial charge < -0.3 is 11.1 Å². The predicted molar refractivity (Wildman–Crippen MR) is 78.8 cm³/mol. The fourth-order valence-electron chi connectivity index (χ4n) is 1.81. The minimum Gasteiger partial charge on any atom is -0.324 e.